The monoisotopic (exact) mass is 316 g/mol. The van der Waals surface area contributed by atoms with Gasteiger partial charge < -0.3 is 4.74 Å². The van der Waals surface area contributed by atoms with E-state index in [1.165, 1.54) is 64.2 Å². The van der Waals surface area contributed by atoms with Gasteiger partial charge >= 0.3 is 0 Å². The lowest BCUT2D eigenvalue weighted by molar-refractivity contribution is 0.0365. The Balaban J connectivity index is 1.70. The number of hydrogen-bond donors (Lipinski definition) is 0. The number of halogens is 1. The average Bonchev–Trinajstić information content (AvgIpc) is 3.15. The summed E-state index contributed by atoms with van der Waals surface area (Å²) in [5.41, 5.74) is 0.478. The van der Waals surface area contributed by atoms with Crippen LogP contribution < -0.4 is 0 Å². The SMILES string of the molecule is CCCCCCCCC1(CBr)CCOC1C1CC1. The van der Waals surface area contributed by atoms with Gasteiger partial charge in [0, 0.05) is 17.4 Å². The Bertz CT molecular complexity index is 239. The van der Waals surface area contributed by atoms with Crippen LogP contribution >= 0.6 is 15.9 Å². The number of hydrogen-bond acceptors (Lipinski definition) is 1. The van der Waals surface area contributed by atoms with E-state index < -0.39 is 0 Å². The van der Waals surface area contributed by atoms with E-state index in [0.717, 1.165) is 17.9 Å². The van der Waals surface area contributed by atoms with Crippen molar-refractivity contribution in [2.24, 2.45) is 11.3 Å². The second-order valence-electron chi connectivity index (χ2n) is 6.39. The van der Waals surface area contributed by atoms with E-state index in [-0.39, 0.29) is 0 Å². The minimum atomic E-state index is 0.478. The predicted octanol–water partition coefficient (Wildman–Crippen LogP) is 5.32. The Kier molecular flexibility index (Phi) is 6.00. The summed E-state index contributed by atoms with van der Waals surface area (Å²) in [4.78, 5) is 0. The molecule has 0 aromatic rings. The zero-order valence-corrected chi connectivity index (χ0v) is 13.5. The molecule has 1 saturated carbocycles. The summed E-state index contributed by atoms with van der Waals surface area (Å²) >= 11 is 3.78. The average molecular weight is 317 g/mol. The summed E-state index contributed by atoms with van der Waals surface area (Å²) in [6.45, 7) is 3.29. The highest BCUT2D eigenvalue weighted by molar-refractivity contribution is 9.09. The molecule has 2 unspecified atom stereocenters. The second-order valence-corrected chi connectivity index (χ2v) is 6.95. The maximum atomic E-state index is 6.05. The molecule has 0 aromatic carbocycles. The number of alkyl halides is 1. The first-order chi connectivity index (χ1) is 8.82. The molecule has 1 nitrogen and oxygen atoms in total. The summed E-state index contributed by atoms with van der Waals surface area (Å²) in [5, 5.41) is 1.15. The summed E-state index contributed by atoms with van der Waals surface area (Å²) in [6.07, 6.45) is 14.5. The van der Waals surface area contributed by atoms with Crippen LogP contribution in [0.1, 0.15) is 71.1 Å². The van der Waals surface area contributed by atoms with E-state index >= 15 is 0 Å². The van der Waals surface area contributed by atoms with Crippen molar-refractivity contribution in [2.75, 3.05) is 11.9 Å². The molecular weight excluding hydrogens is 288 g/mol. The van der Waals surface area contributed by atoms with Crippen LogP contribution in [0.2, 0.25) is 0 Å². The van der Waals surface area contributed by atoms with Gasteiger partial charge in [0.1, 0.15) is 0 Å². The van der Waals surface area contributed by atoms with Gasteiger partial charge in [-0.1, -0.05) is 61.4 Å². The Labute approximate surface area is 121 Å². The van der Waals surface area contributed by atoms with Crippen molar-refractivity contribution in [2.45, 2.75) is 77.2 Å². The van der Waals surface area contributed by atoms with Crippen molar-refractivity contribution in [3.63, 3.8) is 0 Å². The molecule has 0 N–H and O–H groups in total. The smallest absolute Gasteiger partial charge is 0.0668 e. The van der Waals surface area contributed by atoms with Crippen molar-refractivity contribution in [1.29, 1.82) is 0 Å². The van der Waals surface area contributed by atoms with Gasteiger partial charge in [0.15, 0.2) is 0 Å². The molecule has 2 fully saturated rings. The third-order valence-corrected chi connectivity index (χ3v) is 5.96. The topological polar surface area (TPSA) is 9.23 Å². The van der Waals surface area contributed by atoms with Crippen molar-refractivity contribution in [3.05, 3.63) is 0 Å². The normalized spacial score (nSPS) is 32.0. The van der Waals surface area contributed by atoms with Gasteiger partial charge in [-0.2, -0.15) is 0 Å². The van der Waals surface area contributed by atoms with Crippen molar-refractivity contribution in [3.8, 4) is 0 Å². The molecular formula is C16H29BrO. The Hall–Kier alpha value is 0.440. The van der Waals surface area contributed by atoms with E-state index in [1.54, 1.807) is 0 Å². The van der Waals surface area contributed by atoms with Crippen LogP contribution in [0.5, 0.6) is 0 Å². The first-order valence-corrected chi connectivity index (χ1v) is 9.12. The number of unbranched alkanes of at least 4 members (excludes halogenated alkanes) is 5. The predicted molar refractivity (Wildman–Crippen MR) is 81.3 cm³/mol. The fourth-order valence-electron chi connectivity index (χ4n) is 3.48. The van der Waals surface area contributed by atoms with Crippen LogP contribution in [-0.2, 0) is 4.74 Å². The molecule has 2 atom stereocenters. The Morgan fingerprint density at radius 3 is 2.50 bits per heavy atom. The summed E-state index contributed by atoms with van der Waals surface area (Å²) in [7, 11) is 0. The largest absolute Gasteiger partial charge is 0.377 e. The van der Waals surface area contributed by atoms with Crippen molar-refractivity contribution in [1.82, 2.24) is 0 Å². The van der Waals surface area contributed by atoms with Gasteiger partial charge in [-0.05, 0) is 31.6 Å². The van der Waals surface area contributed by atoms with Crippen LogP contribution in [0, 0.1) is 11.3 Å². The van der Waals surface area contributed by atoms with E-state index in [4.69, 9.17) is 4.74 Å². The molecule has 0 amide bonds. The third-order valence-electron chi connectivity index (χ3n) is 4.85. The van der Waals surface area contributed by atoms with Crippen LogP contribution in [0.3, 0.4) is 0 Å². The highest BCUT2D eigenvalue weighted by Crippen LogP contribution is 2.51. The molecule has 1 saturated heterocycles. The van der Waals surface area contributed by atoms with E-state index in [0.29, 0.717) is 11.5 Å². The molecule has 18 heavy (non-hydrogen) atoms. The fourth-order valence-corrected chi connectivity index (χ4v) is 4.36. The summed E-state index contributed by atoms with van der Waals surface area (Å²) < 4.78 is 6.05. The molecule has 0 spiro atoms. The molecule has 1 heterocycles. The van der Waals surface area contributed by atoms with Crippen LogP contribution in [-0.4, -0.2) is 18.0 Å². The molecule has 2 heteroatoms. The lowest BCUT2D eigenvalue weighted by Crippen LogP contribution is -2.34. The molecule has 2 aliphatic rings. The number of rotatable bonds is 9. The zero-order valence-electron chi connectivity index (χ0n) is 11.9. The van der Waals surface area contributed by atoms with Gasteiger partial charge in [0.05, 0.1) is 6.10 Å². The lowest BCUT2D eigenvalue weighted by Gasteiger charge is -2.32. The molecule has 0 bridgehead atoms. The highest BCUT2D eigenvalue weighted by Gasteiger charge is 2.49. The molecule has 106 valence electrons. The molecule has 0 radical (unpaired) electrons. The van der Waals surface area contributed by atoms with Gasteiger partial charge in [-0.25, -0.2) is 0 Å². The fraction of sp³-hybridized carbons (Fsp3) is 1.00. The van der Waals surface area contributed by atoms with Gasteiger partial charge in [0.25, 0.3) is 0 Å². The summed E-state index contributed by atoms with van der Waals surface area (Å²) in [6, 6.07) is 0. The van der Waals surface area contributed by atoms with Gasteiger partial charge in [0.2, 0.25) is 0 Å². The highest BCUT2D eigenvalue weighted by atomic mass is 79.9. The lowest BCUT2D eigenvalue weighted by atomic mass is 9.76. The Morgan fingerprint density at radius 2 is 1.83 bits per heavy atom. The molecule has 1 aliphatic carbocycles. The third kappa shape index (κ3) is 3.72. The Morgan fingerprint density at radius 1 is 1.11 bits per heavy atom. The maximum absolute atomic E-state index is 6.05. The zero-order chi connectivity index (χ0) is 12.8. The van der Waals surface area contributed by atoms with E-state index in [9.17, 15) is 0 Å². The number of ether oxygens (including phenoxy) is 1. The standard InChI is InChI=1S/C16H29BrO/c1-2-3-4-5-6-7-10-16(13-17)11-12-18-15(16)14-8-9-14/h14-15H,2-13H2,1H3. The van der Waals surface area contributed by atoms with Crippen LogP contribution in [0.25, 0.3) is 0 Å². The summed E-state index contributed by atoms with van der Waals surface area (Å²) in [5.74, 6) is 0.894. The molecule has 2 rings (SSSR count). The maximum Gasteiger partial charge on any atom is 0.0668 e. The van der Waals surface area contributed by atoms with E-state index in [1.807, 2.05) is 0 Å². The van der Waals surface area contributed by atoms with Crippen molar-refractivity contribution >= 4 is 15.9 Å². The van der Waals surface area contributed by atoms with Crippen LogP contribution in [0.4, 0.5) is 0 Å². The second kappa shape index (κ2) is 7.28. The van der Waals surface area contributed by atoms with Gasteiger partial charge in [-0.3, -0.25) is 0 Å². The molecule has 0 aromatic heterocycles. The first kappa shape index (κ1) is 14.8. The van der Waals surface area contributed by atoms with E-state index in [2.05, 4.69) is 22.9 Å². The minimum Gasteiger partial charge on any atom is -0.377 e. The van der Waals surface area contributed by atoms with Crippen molar-refractivity contribution < 1.29 is 4.74 Å². The molecule has 1 aliphatic heterocycles. The quantitative estimate of drug-likeness (QED) is 0.413. The minimum absolute atomic E-state index is 0.478. The van der Waals surface area contributed by atoms with Gasteiger partial charge in [-0.15, -0.1) is 0 Å². The van der Waals surface area contributed by atoms with Crippen LogP contribution in [0.15, 0.2) is 0 Å². The first-order valence-electron chi connectivity index (χ1n) is 8.00.